The van der Waals surface area contributed by atoms with Crippen LogP contribution in [0.15, 0.2) is 29.2 Å². The van der Waals surface area contributed by atoms with Crippen molar-refractivity contribution in [2.75, 3.05) is 0 Å². The fourth-order valence-electron chi connectivity index (χ4n) is 3.49. The summed E-state index contributed by atoms with van der Waals surface area (Å²) in [5.74, 6) is 0. The van der Waals surface area contributed by atoms with Crippen LogP contribution in [0.4, 0.5) is 0 Å². The quantitative estimate of drug-likeness (QED) is 0.280. The van der Waals surface area contributed by atoms with Crippen LogP contribution in [-0.4, -0.2) is 32.5 Å². The van der Waals surface area contributed by atoms with Crippen LogP contribution in [0.2, 0.25) is 28.4 Å². The molecule has 0 spiro atoms. The SMILES string of the molecule is Cc1ccc(S(=O)(=O)OC(C)c2c(Cl)nnc(Cl)c2CC2(O[Si](C)(C)C(C)(C)C)CC2)cc1. The van der Waals surface area contributed by atoms with Crippen LogP contribution in [0.25, 0.3) is 0 Å². The van der Waals surface area contributed by atoms with Crippen LogP contribution < -0.4 is 0 Å². The number of aryl methyl sites for hydroxylation is 1. The maximum atomic E-state index is 12.9. The average Bonchev–Trinajstić information content (AvgIpc) is 3.42. The minimum Gasteiger partial charge on any atom is -0.411 e. The van der Waals surface area contributed by atoms with Gasteiger partial charge in [0, 0.05) is 17.5 Å². The lowest BCUT2D eigenvalue weighted by atomic mass is 10.0. The second kappa shape index (κ2) is 9.20. The van der Waals surface area contributed by atoms with Gasteiger partial charge in [-0.25, -0.2) is 0 Å². The monoisotopic (exact) mass is 530 g/mol. The molecule has 182 valence electrons. The van der Waals surface area contributed by atoms with Gasteiger partial charge in [0.2, 0.25) is 0 Å². The average molecular weight is 532 g/mol. The number of aromatic nitrogens is 2. The summed E-state index contributed by atoms with van der Waals surface area (Å²) in [4.78, 5) is 0.0747. The molecule has 33 heavy (non-hydrogen) atoms. The van der Waals surface area contributed by atoms with Crippen LogP contribution in [0, 0.1) is 6.92 Å². The minimum absolute atomic E-state index is 0.0574. The summed E-state index contributed by atoms with van der Waals surface area (Å²) in [7, 11) is -6.05. The minimum atomic E-state index is -4.02. The Kier molecular flexibility index (Phi) is 7.41. The second-order valence-electron chi connectivity index (χ2n) is 10.4. The van der Waals surface area contributed by atoms with Gasteiger partial charge < -0.3 is 4.43 Å². The van der Waals surface area contributed by atoms with Crippen LogP contribution in [0.3, 0.4) is 0 Å². The maximum absolute atomic E-state index is 12.9. The van der Waals surface area contributed by atoms with Gasteiger partial charge in [0.1, 0.15) is 6.10 Å². The first-order valence-corrected chi connectivity index (χ1v) is 16.0. The molecule has 2 aromatic rings. The molecule has 0 N–H and O–H groups in total. The highest BCUT2D eigenvalue weighted by molar-refractivity contribution is 7.86. The Balaban J connectivity index is 1.92. The van der Waals surface area contributed by atoms with Crippen LogP contribution >= 0.6 is 23.2 Å². The highest BCUT2D eigenvalue weighted by Crippen LogP contribution is 2.50. The van der Waals surface area contributed by atoms with E-state index < -0.39 is 24.5 Å². The molecular formula is C23H32Cl2N2O4SSi. The first-order valence-electron chi connectivity index (χ1n) is 11.0. The van der Waals surface area contributed by atoms with Crippen molar-refractivity contribution >= 4 is 41.6 Å². The molecule has 1 fully saturated rings. The number of halogens is 2. The lowest BCUT2D eigenvalue weighted by Gasteiger charge is -2.40. The summed E-state index contributed by atoms with van der Waals surface area (Å²) in [6.07, 6.45) is 1.36. The van der Waals surface area contributed by atoms with Gasteiger partial charge in [0.05, 0.1) is 10.5 Å². The van der Waals surface area contributed by atoms with Crippen molar-refractivity contribution in [1.82, 2.24) is 10.2 Å². The van der Waals surface area contributed by atoms with Crippen molar-refractivity contribution in [1.29, 1.82) is 0 Å². The van der Waals surface area contributed by atoms with Crippen LogP contribution in [-0.2, 0) is 25.1 Å². The number of benzene rings is 1. The molecule has 1 atom stereocenters. The molecule has 1 aliphatic carbocycles. The largest absolute Gasteiger partial charge is 0.411 e. The van der Waals surface area contributed by atoms with Gasteiger partial charge in [0.25, 0.3) is 10.1 Å². The van der Waals surface area contributed by atoms with Crippen molar-refractivity contribution in [3.63, 3.8) is 0 Å². The zero-order valence-corrected chi connectivity index (χ0v) is 23.5. The number of hydrogen-bond acceptors (Lipinski definition) is 6. The van der Waals surface area contributed by atoms with Crippen molar-refractivity contribution < 1.29 is 17.0 Å². The number of rotatable bonds is 8. The number of hydrogen-bond donors (Lipinski definition) is 0. The summed E-state index contributed by atoms with van der Waals surface area (Å²) in [5, 5.41) is 8.21. The Bertz CT molecular complexity index is 1130. The zero-order valence-electron chi connectivity index (χ0n) is 20.2. The van der Waals surface area contributed by atoms with E-state index in [1.54, 1.807) is 19.1 Å². The van der Waals surface area contributed by atoms with Crippen molar-refractivity contribution in [2.45, 2.75) is 88.6 Å². The zero-order chi connectivity index (χ0) is 24.8. The third-order valence-corrected chi connectivity index (χ3v) is 13.1. The summed E-state index contributed by atoms with van der Waals surface area (Å²) < 4.78 is 38.0. The van der Waals surface area contributed by atoms with Gasteiger partial charge in [-0.2, -0.15) is 8.42 Å². The molecule has 0 bridgehead atoms. The molecule has 1 aliphatic rings. The van der Waals surface area contributed by atoms with E-state index in [0.29, 0.717) is 17.5 Å². The Morgan fingerprint density at radius 2 is 1.64 bits per heavy atom. The first-order chi connectivity index (χ1) is 15.1. The van der Waals surface area contributed by atoms with E-state index >= 15 is 0 Å². The summed E-state index contributed by atoms with van der Waals surface area (Å²) in [6, 6.07) is 6.48. The van der Waals surface area contributed by atoms with Crippen molar-refractivity contribution in [3.05, 3.63) is 51.3 Å². The maximum Gasteiger partial charge on any atom is 0.297 e. The fraction of sp³-hybridized carbons (Fsp3) is 0.565. The highest BCUT2D eigenvalue weighted by atomic mass is 35.5. The van der Waals surface area contributed by atoms with Crippen LogP contribution in [0.1, 0.15) is 63.3 Å². The Morgan fingerprint density at radius 3 is 2.15 bits per heavy atom. The summed E-state index contributed by atoms with van der Waals surface area (Å²) in [6.45, 7) is 14.5. The number of nitrogens with zero attached hydrogens (tertiary/aromatic N) is 2. The van der Waals surface area contributed by atoms with Gasteiger partial charge in [0.15, 0.2) is 18.6 Å². The third-order valence-electron chi connectivity index (χ3n) is 6.59. The van der Waals surface area contributed by atoms with E-state index in [9.17, 15) is 8.42 Å². The van der Waals surface area contributed by atoms with Gasteiger partial charge >= 0.3 is 0 Å². The lowest BCUT2D eigenvalue weighted by molar-refractivity contribution is 0.156. The molecule has 0 amide bonds. The molecule has 1 aromatic heterocycles. The molecule has 3 rings (SSSR count). The molecule has 0 aliphatic heterocycles. The molecule has 0 radical (unpaired) electrons. The van der Waals surface area contributed by atoms with Gasteiger partial charge in [-0.15, -0.1) is 10.2 Å². The van der Waals surface area contributed by atoms with Gasteiger partial charge in [-0.05, 0) is 57.0 Å². The molecule has 1 heterocycles. The third kappa shape index (κ3) is 5.97. The van der Waals surface area contributed by atoms with E-state index in [2.05, 4.69) is 44.1 Å². The fourth-order valence-corrected chi connectivity index (χ4v) is 6.72. The van der Waals surface area contributed by atoms with Crippen LogP contribution in [0.5, 0.6) is 0 Å². The van der Waals surface area contributed by atoms with E-state index in [1.165, 1.54) is 12.1 Å². The highest BCUT2D eigenvalue weighted by Gasteiger charge is 2.52. The molecule has 1 aromatic carbocycles. The predicted molar refractivity (Wildman–Crippen MR) is 134 cm³/mol. The lowest BCUT2D eigenvalue weighted by Crippen LogP contribution is -2.45. The smallest absolute Gasteiger partial charge is 0.297 e. The van der Waals surface area contributed by atoms with Gasteiger partial charge in [-0.1, -0.05) is 61.7 Å². The predicted octanol–water partition coefficient (Wildman–Crippen LogP) is 6.66. The second-order valence-corrected chi connectivity index (χ2v) is 17.4. The first kappa shape index (κ1) is 26.6. The van der Waals surface area contributed by atoms with E-state index in [-0.39, 0.29) is 25.8 Å². The van der Waals surface area contributed by atoms with E-state index in [0.717, 1.165) is 18.4 Å². The summed E-state index contributed by atoms with van der Waals surface area (Å²) >= 11 is 12.9. The van der Waals surface area contributed by atoms with Gasteiger partial charge in [-0.3, -0.25) is 4.18 Å². The Hall–Kier alpha value is -1.03. The van der Waals surface area contributed by atoms with E-state index in [4.69, 9.17) is 31.8 Å². The summed E-state index contributed by atoms with van der Waals surface area (Å²) in [5.41, 5.74) is 1.65. The Morgan fingerprint density at radius 1 is 1.09 bits per heavy atom. The molecular weight excluding hydrogens is 499 g/mol. The van der Waals surface area contributed by atoms with Crippen molar-refractivity contribution in [2.24, 2.45) is 0 Å². The molecule has 0 saturated heterocycles. The topological polar surface area (TPSA) is 78.4 Å². The van der Waals surface area contributed by atoms with E-state index in [1.807, 2.05) is 6.92 Å². The molecule has 10 heteroatoms. The molecule has 6 nitrogen and oxygen atoms in total. The Labute approximate surface area is 208 Å². The molecule has 1 saturated carbocycles. The van der Waals surface area contributed by atoms with Crippen molar-refractivity contribution in [3.8, 4) is 0 Å². The standard InChI is InChI=1S/C23H32Cl2N2O4SSi/c1-15-8-10-17(11-9-15)32(28,29)30-16(2)19-18(20(24)26-27-21(19)25)14-23(12-13-23)31-33(6,7)22(3,4)5/h8-11,16H,12-14H2,1-7H3. The normalized spacial score (nSPS) is 17.1. The molecule has 1 unspecified atom stereocenters.